The third kappa shape index (κ3) is 2.31. The molecule has 0 saturated carbocycles. The van der Waals surface area contributed by atoms with Crippen LogP contribution in [0.15, 0.2) is 64.8 Å². The summed E-state index contributed by atoms with van der Waals surface area (Å²) >= 11 is 6.11. The zero-order valence-corrected chi connectivity index (χ0v) is 12.7. The van der Waals surface area contributed by atoms with Crippen LogP contribution in [0.4, 0.5) is 0 Å². The van der Waals surface area contributed by atoms with Crippen molar-refractivity contribution in [2.45, 2.75) is 0 Å². The molecule has 0 radical (unpaired) electrons. The number of rotatable bonds is 2. The number of para-hydroxylation sites is 1. The third-order valence-electron chi connectivity index (χ3n) is 3.62. The van der Waals surface area contributed by atoms with Crippen LogP contribution < -0.4 is 5.43 Å². The highest BCUT2D eigenvalue weighted by atomic mass is 35.5. The van der Waals surface area contributed by atoms with Crippen molar-refractivity contribution in [3.8, 4) is 0 Å². The van der Waals surface area contributed by atoms with Gasteiger partial charge < -0.3 is 4.98 Å². The standard InChI is InChI=1S/C17H11ClN4O/c18-13-7-3-1-5-11(13)9-20-22-10-19-15-16(23)12-6-2-4-8-14(12)21-17(15)22/h1-10H,(H,21,23). The fourth-order valence-electron chi connectivity index (χ4n) is 2.46. The van der Waals surface area contributed by atoms with Crippen LogP contribution in [-0.2, 0) is 0 Å². The second-order valence-corrected chi connectivity index (χ2v) is 5.46. The quantitative estimate of drug-likeness (QED) is 0.575. The molecule has 0 aliphatic carbocycles. The Morgan fingerprint density at radius 1 is 1.13 bits per heavy atom. The normalized spacial score (nSPS) is 11.7. The van der Waals surface area contributed by atoms with E-state index in [-0.39, 0.29) is 5.43 Å². The number of H-pyrrole nitrogens is 1. The molecule has 0 amide bonds. The number of halogens is 1. The van der Waals surface area contributed by atoms with Crippen molar-refractivity contribution in [2.75, 3.05) is 0 Å². The van der Waals surface area contributed by atoms with E-state index in [0.717, 1.165) is 11.1 Å². The third-order valence-corrected chi connectivity index (χ3v) is 3.96. The van der Waals surface area contributed by atoms with Crippen molar-refractivity contribution >= 4 is 39.9 Å². The number of benzene rings is 2. The Morgan fingerprint density at radius 2 is 1.91 bits per heavy atom. The minimum Gasteiger partial charge on any atom is -0.338 e. The minimum atomic E-state index is -0.110. The van der Waals surface area contributed by atoms with E-state index in [9.17, 15) is 4.79 Å². The van der Waals surface area contributed by atoms with Crippen molar-refractivity contribution in [1.29, 1.82) is 0 Å². The summed E-state index contributed by atoms with van der Waals surface area (Å²) in [7, 11) is 0. The van der Waals surface area contributed by atoms with Gasteiger partial charge in [0.15, 0.2) is 11.2 Å². The Kier molecular flexibility index (Phi) is 3.20. The monoisotopic (exact) mass is 322 g/mol. The smallest absolute Gasteiger partial charge is 0.217 e. The van der Waals surface area contributed by atoms with Crippen LogP contribution in [0.3, 0.4) is 0 Å². The molecule has 0 aliphatic heterocycles. The van der Waals surface area contributed by atoms with Crippen molar-refractivity contribution in [1.82, 2.24) is 14.6 Å². The van der Waals surface area contributed by atoms with E-state index in [1.807, 2.05) is 36.4 Å². The van der Waals surface area contributed by atoms with Crippen molar-refractivity contribution in [3.05, 3.63) is 75.7 Å². The topological polar surface area (TPSA) is 63.0 Å². The van der Waals surface area contributed by atoms with E-state index < -0.39 is 0 Å². The van der Waals surface area contributed by atoms with Crippen LogP contribution in [0.25, 0.3) is 22.1 Å². The molecule has 0 unspecified atom stereocenters. The average molecular weight is 323 g/mol. The first kappa shape index (κ1) is 13.7. The molecule has 23 heavy (non-hydrogen) atoms. The van der Waals surface area contributed by atoms with Gasteiger partial charge in [-0.05, 0) is 18.2 Å². The summed E-state index contributed by atoms with van der Waals surface area (Å²) in [5, 5.41) is 5.57. The van der Waals surface area contributed by atoms with Crippen molar-refractivity contribution in [2.24, 2.45) is 5.10 Å². The number of aromatic nitrogens is 3. The number of imidazole rings is 1. The van der Waals surface area contributed by atoms with Gasteiger partial charge in [-0.25, -0.2) is 9.66 Å². The lowest BCUT2D eigenvalue weighted by Crippen LogP contribution is -2.04. The number of nitrogens with one attached hydrogen (secondary N) is 1. The average Bonchev–Trinajstić information content (AvgIpc) is 2.98. The molecule has 6 heteroatoms. The number of hydrogen-bond donors (Lipinski definition) is 1. The highest BCUT2D eigenvalue weighted by Gasteiger charge is 2.09. The van der Waals surface area contributed by atoms with E-state index in [4.69, 9.17) is 11.6 Å². The lowest BCUT2D eigenvalue weighted by Gasteiger charge is -2.00. The molecule has 0 bridgehead atoms. The Labute approximate surface area is 135 Å². The Morgan fingerprint density at radius 3 is 2.78 bits per heavy atom. The van der Waals surface area contributed by atoms with E-state index in [0.29, 0.717) is 21.6 Å². The summed E-state index contributed by atoms with van der Waals surface area (Å²) in [6, 6.07) is 14.7. The first-order valence-corrected chi connectivity index (χ1v) is 7.39. The van der Waals surface area contributed by atoms with Gasteiger partial charge in [0.2, 0.25) is 5.43 Å². The van der Waals surface area contributed by atoms with Crippen molar-refractivity contribution in [3.63, 3.8) is 0 Å². The molecule has 2 heterocycles. The zero-order valence-electron chi connectivity index (χ0n) is 11.9. The van der Waals surface area contributed by atoms with Crippen LogP contribution in [0.5, 0.6) is 0 Å². The number of fused-ring (bicyclic) bond motifs is 2. The second-order valence-electron chi connectivity index (χ2n) is 5.05. The van der Waals surface area contributed by atoms with E-state index in [1.54, 1.807) is 18.3 Å². The van der Waals surface area contributed by atoms with Crippen LogP contribution in [0.1, 0.15) is 5.56 Å². The van der Waals surface area contributed by atoms with Crippen LogP contribution in [0, 0.1) is 0 Å². The predicted molar refractivity (Wildman–Crippen MR) is 92.3 cm³/mol. The van der Waals surface area contributed by atoms with E-state index >= 15 is 0 Å². The maximum atomic E-state index is 12.5. The highest BCUT2D eigenvalue weighted by molar-refractivity contribution is 6.33. The van der Waals surface area contributed by atoms with Crippen LogP contribution >= 0.6 is 11.6 Å². The summed E-state index contributed by atoms with van der Waals surface area (Å²) < 4.78 is 1.53. The molecule has 0 saturated heterocycles. The molecule has 0 atom stereocenters. The lowest BCUT2D eigenvalue weighted by atomic mass is 10.2. The van der Waals surface area contributed by atoms with Gasteiger partial charge in [0.05, 0.1) is 11.7 Å². The summed E-state index contributed by atoms with van der Waals surface area (Å²) in [5.41, 5.74) is 2.34. The maximum Gasteiger partial charge on any atom is 0.217 e. The Bertz CT molecular complexity index is 1110. The first-order valence-electron chi connectivity index (χ1n) is 7.01. The van der Waals surface area contributed by atoms with Crippen molar-refractivity contribution < 1.29 is 0 Å². The SMILES string of the molecule is O=c1c2ccccc2[nH]c2c1ncn2N=Cc1ccccc1Cl. The van der Waals surface area contributed by atoms with E-state index in [1.165, 1.54) is 11.0 Å². The van der Waals surface area contributed by atoms with Gasteiger partial charge in [-0.1, -0.05) is 41.9 Å². The number of hydrogen-bond acceptors (Lipinski definition) is 3. The molecule has 1 N–H and O–H groups in total. The summed E-state index contributed by atoms with van der Waals surface area (Å²) in [6.45, 7) is 0. The van der Waals surface area contributed by atoms with Crippen LogP contribution in [-0.4, -0.2) is 20.9 Å². The minimum absolute atomic E-state index is 0.110. The van der Waals surface area contributed by atoms with Gasteiger partial charge in [-0.15, -0.1) is 0 Å². The molecule has 0 aliphatic rings. The maximum absolute atomic E-state index is 12.5. The summed E-state index contributed by atoms with van der Waals surface area (Å²) in [4.78, 5) is 19.8. The fraction of sp³-hybridized carbons (Fsp3) is 0. The number of pyridine rings is 1. The molecular formula is C17H11ClN4O. The summed E-state index contributed by atoms with van der Waals surface area (Å²) in [5.74, 6) is 0. The van der Waals surface area contributed by atoms with Crippen LogP contribution in [0.2, 0.25) is 5.02 Å². The Hall–Kier alpha value is -2.92. The fourth-order valence-corrected chi connectivity index (χ4v) is 2.64. The molecule has 0 spiro atoms. The molecule has 2 aromatic heterocycles. The van der Waals surface area contributed by atoms with Gasteiger partial charge in [0, 0.05) is 16.0 Å². The predicted octanol–water partition coefficient (Wildman–Crippen LogP) is 3.41. The number of aromatic amines is 1. The van der Waals surface area contributed by atoms with E-state index in [2.05, 4.69) is 15.1 Å². The second kappa shape index (κ2) is 5.37. The van der Waals surface area contributed by atoms with Gasteiger partial charge in [-0.3, -0.25) is 4.79 Å². The zero-order chi connectivity index (χ0) is 15.8. The molecule has 2 aromatic carbocycles. The molecule has 4 aromatic rings. The molecule has 112 valence electrons. The highest BCUT2D eigenvalue weighted by Crippen LogP contribution is 2.15. The van der Waals surface area contributed by atoms with Gasteiger partial charge in [0.1, 0.15) is 6.33 Å². The molecular weight excluding hydrogens is 312 g/mol. The summed E-state index contributed by atoms with van der Waals surface area (Å²) in [6.07, 6.45) is 3.14. The molecule has 5 nitrogen and oxygen atoms in total. The van der Waals surface area contributed by atoms with Gasteiger partial charge in [0.25, 0.3) is 0 Å². The molecule has 0 fully saturated rings. The van der Waals surface area contributed by atoms with Gasteiger partial charge >= 0.3 is 0 Å². The number of nitrogens with zero attached hydrogens (tertiary/aromatic N) is 3. The Balaban J connectivity index is 1.89. The largest absolute Gasteiger partial charge is 0.338 e. The lowest BCUT2D eigenvalue weighted by molar-refractivity contribution is 0.902. The molecule has 4 rings (SSSR count). The van der Waals surface area contributed by atoms with Gasteiger partial charge in [-0.2, -0.15) is 5.10 Å². The first-order chi connectivity index (χ1) is 11.2.